The van der Waals surface area contributed by atoms with Gasteiger partial charge in [0.05, 0.1) is 33.5 Å². The number of morpholine rings is 1. The lowest BCUT2D eigenvalue weighted by molar-refractivity contribution is 0.0169. The van der Waals surface area contributed by atoms with Crippen molar-refractivity contribution in [3.8, 4) is 11.5 Å². The summed E-state index contributed by atoms with van der Waals surface area (Å²) in [6.45, 7) is 4.12. The monoisotopic (exact) mass is 518 g/mol. The summed E-state index contributed by atoms with van der Waals surface area (Å²) in [5, 5.41) is 7.11. The topological polar surface area (TPSA) is 67.4 Å². The van der Waals surface area contributed by atoms with Gasteiger partial charge in [-0.05, 0) is 30.5 Å². The van der Waals surface area contributed by atoms with Crippen LogP contribution in [0.4, 0.5) is 0 Å². The van der Waals surface area contributed by atoms with E-state index in [2.05, 4.69) is 32.7 Å². The van der Waals surface area contributed by atoms with Crippen LogP contribution in [-0.2, 0) is 4.74 Å². The van der Waals surface area contributed by atoms with Gasteiger partial charge in [0.25, 0.3) is 0 Å². The van der Waals surface area contributed by atoms with Gasteiger partial charge in [0, 0.05) is 32.7 Å². The van der Waals surface area contributed by atoms with Gasteiger partial charge in [-0.3, -0.25) is 9.89 Å². The molecular formula is C21H35IN4O3. The van der Waals surface area contributed by atoms with E-state index in [0.717, 1.165) is 50.3 Å². The van der Waals surface area contributed by atoms with E-state index in [9.17, 15) is 0 Å². The van der Waals surface area contributed by atoms with Crippen LogP contribution in [-0.4, -0.2) is 71.0 Å². The van der Waals surface area contributed by atoms with Crippen LogP contribution in [0.1, 0.15) is 37.3 Å². The summed E-state index contributed by atoms with van der Waals surface area (Å²) in [7, 11) is 5.18. The molecule has 1 aromatic rings. The number of halogens is 1. The number of benzene rings is 1. The highest BCUT2D eigenvalue weighted by molar-refractivity contribution is 14.0. The van der Waals surface area contributed by atoms with Crippen molar-refractivity contribution in [1.82, 2.24) is 15.5 Å². The molecule has 2 fully saturated rings. The summed E-state index contributed by atoms with van der Waals surface area (Å²) < 4.78 is 16.5. The Labute approximate surface area is 191 Å². The molecule has 0 amide bonds. The van der Waals surface area contributed by atoms with E-state index in [4.69, 9.17) is 14.2 Å². The maximum absolute atomic E-state index is 5.56. The number of nitrogens with zero attached hydrogens (tertiary/aromatic N) is 2. The van der Waals surface area contributed by atoms with Gasteiger partial charge in [0.1, 0.15) is 0 Å². The first kappa shape index (κ1) is 24.0. The van der Waals surface area contributed by atoms with E-state index in [-0.39, 0.29) is 30.0 Å². The van der Waals surface area contributed by atoms with Gasteiger partial charge < -0.3 is 24.8 Å². The molecule has 1 unspecified atom stereocenters. The lowest BCUT2D eigenvalue weighted by Gasteiger charge is -2.35. The van der Waals surface area contributed by atoms with Crippen molar-refractivity contribution in [2.24, 2.45) is 4.99 Å². The molecule has 2 aliphatic rings. The molecule has 7 nitrogen and oxygen atoms in total. The zero-order valence-corrected chi connectivity index (χ0v) is 20.1. The second kappa shape index (κ2) is 12.4. The molecule has 0 spiro atoms. The molecule has 1 aliphatic heterocycles. The summed E-state index contributed by atoms with van der Waals surface area (Å²) in [5.41, 5.74) is 1.20. The molecule has 1 aromatic carbocycles. The highest BCUT2D eigenvalue weighted by Gasteiger charge is 2.24. The maximum Gasteiger partial charge on any atom is 0.191 e. The zero-order chi connectivity index (χ0) is 19.8. The Morgan fingerprint density at radius 2 is 1.86 bits per heavy atom. The van der Waals surface area contributed by atoms with Crippen molar-refractivity contribution in [2.75, 3.05) is 54.1 Å². The molecule has 1 saturated heterocycles. The van der Waals surface area contributed by atoms with E-state index in [0.29, 0.717) is 6.04 Å². The summed E-state index contributed by atoms with van der Waals surface area (Å²) in [5.74, 6) is 2.39. The molecule has 0 bridgehead atoms. The van der Waals surface area contributed by atoms with E-state index < -0.39 is 0 Å². The Bertz CT molecular complexity index is 647. The second-order valence-corrected chi connectivity index (χ2v) is 7.36. The molecule has 2 N–H and O–H groups in total. The molecular weight excluding hydrogens is 483 g/mol. The molecule has 0 radical (unpaired) electrons. The predicted octanol–water partition coefficient (Wildman–Crippen LogP) is 2.80. The Morgan fingerprint density at radius 1 is 1.17 bits per heavy atom. The average molecular weight is 518 g/mol. The fourth-order valence-electron chi connectivity index (χ4n) is 4.06. The lowest BCUT2D eigenvalue weighted by atomic mass is 10.0. The second-order valence-electron chi connectivity index (χ2n) is 7.36. The van der Waals surface area contributed by atoms with Crippen LogP contribution in [0.3, 0.4) is 0 Å². The highest BCUT2D eigenvalue weighted by atomic mass is 127. The Kier molecular flexibility index (Phi) is 10.3. The number of methoxy groups -OCH3 is 2. The molecule has 164 valence electrons. The minimum Gasteiger partial charge on any atom is -0.493 e. The normalized spacial score (nSPS) is 19.3. The Hall–Kier alpha value is -1.26. The van der Waals surface area contributed by atoms with Gasteiger partial charge >= 0.3 is 0 Å². The molecule has 1 atom stereocenters. The number of ether oxygens (including phenoxy) is 3. The third kappa shape index (κ3) is 6.62. The van der Waals surface area contributed by atoms with Crippen molar-refractivity contribution in [2.45, 2.75) is 37.8 Å². The molecule has 3 rings (SSSR count). The van der Waals surface area contributed by atoms with Crippen LogP contribution in [0.25, 0.3) is 0 Å². The van der Waals surface area contributed by atoms with E-state index in [1.165, 1.54) is 31.2 Å². The van der Waals surface area contributed by atoms with E-state index >= 15 is 0 Å². The number of hydrogen-bond donors (Lipinski definition) is 2. The zero-order valence-electron chi connectivity index (χ0n) is 17.8. The minimum atomic E-state index is 0. The number of aliphatic imine (C=N–C) groups is 1. The third-order valence-corrected chi connectivity index (χ3v) is 5.66. The molecule has 1 heterocycles. The van der Waals surface area contributed by atoms with Crippen LogP contribution >= 0.6 is 24.0 Å². The van der Waals surface area contributed by atoms with Crippen molar-refractivity contribution in [3.63, 3.8) is 0 Å². The third-order valence-electron chi connectivity index (χ3n) is 5.66. The predicted molar refractivity (Wildman–Crippen MR) is 127 cm³/mol. The van der Waals surface area contributed by atoms with Crippen molar-refractivity contribution in [1.29, 1.82) is 0 Å². The summed E-state index contributed by atoms with van der Waals surface area (Å²) >= 11 is 0. The standard InChI is InChI=1S/C21H34N4O3.HI/c1-22-21(24-17-6-4-5-7-17)23-15-18(25-10-12-28-13-11-25)16-8-9-19(26-2)20(14-16)27-3;/h8-9,14,17-18H,4-7,10-13,15H2,1-3H3,(H2,22,23,24);1H. The number of guanidine groups is 1. The smallest absolute Gasteiger partial charge is 0.191 e. The number of hydrogen-bond acceptors (Lipinski definition) is 5. The summed E-state index contributed by atoms with van der Waals surface area (Å²) in [6.07, 6.45) is 5.06. The first-order chi connectivity index (χ1) is 13.7. The quantitative estimate of drug-likeness (QED) is 0.329. The Balaban J connectivity index is 0.00000300. The molecule has 1 saturated carbocycles. The average Bonchev–Trinajstić information content (AvgIpc) is 3.26. The Morgan fingerprint density at radius 3 is 2.48 bits per heavy atom. The van der Waals surface area contributed by atoms with Crippen molar-refractivity contribution < 1.29 is 14.2 Å². The van der Waals surface area contributed by atoms with Crippen LogP contribution < -0.4 is 20.1 Å². The van der Waals surface area contributed by atoms with Crippen molar-refractivity contribution in [3.05, 3.63) is 23.8 Å². The molecule has 8 heteroatoms. The first-order valence-electron chi connectivity index (χ1n) is 10.3. The molecule has 29 heavy (non-hydrogen) atoms. The van der Waals surface area contributed by atoms with Gasteiger partial charge in [0.2, 0.25) is 0 Å². The van der Waals surface area contributed by atoms with E-state index in [1.807, 2.05) is 13.1 Å². The fourth-order valence-corrected chi connectivity index (χ4v) is 4.06. The summed E-state index contributed by atoms with van der Waals surface area (Å²) in [6, 6.07) is 6.91. The largest absolute Gasteiger partial charge is 0.493 e. The minimum absolute atomic E-state index is 0. The van der Waals surface area contributed by atoms with E-state index in [1.54, 1.807) is 14.2 Å². The highest BCUT2D eigenvalue weighted by Crippen LogP contribution is 2.32. The van der Waals surface area contributed by atoms with Crippen LogP contribution in [0.5, 0.6) is 11.5 Å². The number of rotatable bonds is 7. The molecule has 0 aromatic heterocycles. The molecule has 1 aliphatic carbocycles. The van der Waals surface area contributed by atoms with Crippen LogP contribution in [0.15, 0.2) is 23.2 Å². The summed E-state index contributed by atoms with van der Waals surface area (Å²) in [4.78, 5) is 6.89. The fraction of sp³-hybridized carbons (Fsp3) is 0.667. The van der Waals surface area contributed by atoms with Gasteiger partial charge in [-0.2, -0.15) is 0 Å². The number of nitrogens with one attached hydrogen (secondary N) is 2. The SMILES string of the molecule is CN=C(NCC(c1ccc(OC)c(OC)c1)N1CCOCC1)NC1CCCC1.I. The van der Waals surface area contributed by atoms with Crippen LogP contribution in [0.2, 0.25) is 0 Å². The first-order valence-corrected chi connectivity index (χ1v) is 10.3. The lowest BCUT2D eigenvalue weighted by Crippen LogP contribution is -2.48. The van der Waals surface area contributed by atoms with Gasteiger partial charge in [-0.15, -0.1) is 24.0 Å². The van der Waals surface area contributed by atoms with Gasteiger partial charge in [-0.1, -0.05) is 18.9 Å². The maximum atomic E-state index is 5.56. The van der Waals surface area contributed by atoms with Crippen molar-refractivity contribution >= 4 is 29.9 Å². The van der Waals surface area contributed by atoms with Gasteiger partial charge in [0.15, 0.2) is 17.5 Å². The van der Waals surface area contributed by atoms with Crippen LogP contribution in [0, 0.1) is 0 Å². The van der Waals surface area contributed by atoms with Gasteiger partial charge in [-0.25, -0.2) is 0 Å².